The molecule has 0 bridgehead atoms. The maximum absolute atomic E-state index is 13.0. The normalized spacial score (nSPS) is 15.3. The van der Waals surface area contributed by atoms with Crippen molar-refractivity contribution in [1.82, 2.24) is 24.6 Å². The minimum atomic E-state index is 0.0595. The van der Waals surface area contributed by atoms with Gasteiger partial charge in [0.05, 0.1) is 7.11 Å². The van der Waals surface area contributed by atoms with Crippen LogP contribution in [-0.4, -0.2) is 74.9 Å². The Morgan fingerprint density at radius 1 is 1.00 bits per heavy atom. The summed E-state index contributed by atoms with van der Waals surface area (Å²) in [5, 5.41) is 9.84. The van der Waals surface area contributed by atoms with Crippen molar-refractivity contribution in [2.45, 2.75) is 70.5 Å². The van der Waals surface area contributed by atoms with Gasteiger partial charge in [-0.1, -0.05) is 61.4 Å². The van der Waals surface area contributed by atoms with Gasteiger partial charge in [-0.15, -0.1) is 10.2 Å². The molecule has 0 N–H and O–H groups in total. The third kappa shape index (κ3) is 7.44. The predicted molar refractivity (Wildman–Crippen MR) is 160 cm³/mol. The van der Waals surface area contributed by atoms with Crippen molar-refractivity contribution in [3.05, 3.63) is 54.1 Å². The highest BCUT2D eigenvalue weighted by Crippen LogP contribution is 2.30. The van der Waals surface area contributed by atoms with Crippen LogP contribution in [0.25, 0.3) is 17.1 Å². The molecule has 2 aromatic carbocycles. The summed E-state index contributed by atoms with van der Waals surface area (Å²) in [6, 6.07) is 16.2. The summed E-state index contributed by atoms with van der Waals surface area (Å²) < 4.78 is 7.49. The zero-order valence-electron chi connectivity index (χ0n) is 24.1. The molecule has 1 fully saturated rings. The third-order valence-corrected chi connectivity index (χ3v) is 8.33. The summed E-state index contributed by atoms with van der Waals surface area (Å²) in [6.07, 6.45) is 4.96. The molecular weight excluding hydrogens is 522 g/mol. The van der Waals surface area contributed by atoms with Crippen LogP contribution in [0.5, 0.6) is 5.75 Å². The molecule has 1 aromatic heterocycles. The molecule has 0 aliphatic carbocycles. The smallest absolute Gasteiger partial charge is 0.222 e. The first-order chi connectivity index (χ1) is 19.4. The van der Waals surface area contributed by atoms with E-state index in [1.807, 2.05) is 41.0 Å². The van der Waals surface area contributed by atoms with Crippen LogP contribution in [0.3, 0.4) is 0 Å². The number of rotatable bonds is 12. The highest BCUT2D eigenvalue weighted by Gasteiger charge is 2.29. The van der Waals surface area contributed by atoms with Crippen molar-refractivity contribution in [2.75, 3.05) is 32.5 Å². The lowest BCUT2D eigenvalue weighted by atomic mass is 10.1. The Hall–Kier alpha value is -3.33. The first-order valence-electron chi connectivity index (χ1n) is 14.3. The maximum Gasteiger partial charge on any atom is 0.222 e. The average Bonchev–Trinajstić information content (AvgIpc) is 3.39. The van der Waals surface area contributed by atoms with Crippen molar-refractivity contribution >= 4 is 23.6 Å². The lowest BCUT2D eigenvalue weighted by Gasteiger charge is -2.40. The summed E-state index contributed by atoms with van der Waals surface area (Å²) in [5.41, 5.74) is 3.10. The average molecular weight is 564 g/mol. The largest absolute Gasteiger partial charge is 0.497 e. The third-order valence-electron chi connectivity index (χ3n) is 7.31. The second-order valence-corrected chi connectivity index (χ2v) is 11.5. The fourth-order valence-corrected chi connectivity index (χ4v) is 5.90. The van der Waals surface area contributed by atoms with E-state index in [0.29, 0.717) is 32.5 Å². The van der Waals surface area contributed by atoms with Gasteiger partial charge in [0.15, 0.2) is 11.0 Å². The number of unbranched alkanes of at least 4 members (excludes halogenated alkanes) is 2. The second-order valence-electron chi connectivity index (χ2n) is 10.4. The molecule has 8 nitrogen and oxygen atoms in total. The van der Waals surface area contributed by atoms with E-state index < -0.39 is 0 Å². The lowest BCUT2D eigenvalue weighted by Crippen LogP contribution is -2.55. The molecule has 1 saturated heterocycles. The van der Waals surface area contributed by atoms with Crippen molar-refractivity contribution in [2.24, 2.45) is 0 Å². The molecule has 40 heavy (non-hydrogen) atoms. The van der Waals surface area contributed by atoms with Crippen LogP contribution in [0.4, 0.5) is 0 Å². The van der Waals surface area contributed by atoms with Crippen molar-refractivity contribution in [1.29, 1.82) is 0 Å². The Morgan fingerprint density at radius 2 is 1.77 bits per heavy atom. The Kier molecular flexibility index (Phi) is 10.6. The molecule has 1 unspecified atom stereocenters. The van der Waals surface area contributed by atoms with Crippen LogP contribution in [0.15, 0.2) is 53.7 Å². The Morgan fingerprint density at radius 3 is 2.50 bits per heavy atom. The van der Waals surface area contributed by atoms with Crippen molar-refractivity contribution in [3.63, 3.8) is 0 Å². The van der Waals surface area contributed by atoms with E-state index >= 15 is 0 Å². The quantitative estimate of drug-likeness (QED) is 0.206. The first kappa shape index (κ1) is 29.6. The molecule has 0 radical (unpaired) electrons. The van der Waals surface area contributed by atoms with Gasteiger partial charge in [0, 0.05) is 55.5 Å². The Bertz CT molecular complexity index is 1280. The summed E-state index contributed by atoms with van der Waals surface area (Å²) in [5.74, 6) is 2.63. The maximum atomic E-state index is 13.0. The number of ether oxygens (including phenoxy) is 1. The molecule has 2 heterocycles. The van der Waals surface area contributed by atoms with E-state index in [-0.39, 0.29) is 17.9 Å². The fourth-order valence-electron chi connectivity index (χ4n) is 5.01. The second kappa shape index (κ2) is 14.3. The minimum absolute atomic E-state index is 0.0595. The summed E-state index contributed by atoms with van der Waals surface area (Å²) in [6.45, 7) is 8.10. The Labute approximate surface area is 242 Å². The number of benzene rings is 2. The SMILES string of the molecule is CCCCCC(=O)N1CCN(C(=O)CCCSc2nnc(-c3cccc(OC)c3)n2-c2ccc(C)cc2)CC1C. The van der Waals surface area contributed by atoms with Gasteiger partial charge in [-0.25, -0.2) is 0 Å². The minimum Gasteiger partial charge on any atom is -0.497 e. The van der Waals surface area contributed by atoms with Gasteiger partial charge in [-0.3, -0.25) is 14.2 Å². The molecule has 0 spiro atoms. The van der Waals surface area contributed by atoms with Crippen molar-refractivity contribution < 1.29 is 14.3 Å². The van der Waals surface area contributed by atoms with Crippen LogP contribution < -0.4 is 4.74 Å². The number of aromatic nitrogens is 3. The fraction of sp³-hybridized carbons (Fsp3) is 0.484. The number of aryl methyl sites for hydroxylation is 1. The number of hydrogen-bond donors (Lipinski definition) is 0. The molecule has 0 saturated carbocycles. The summed E-state index contributed by atoms with van der Waals surface area (Å²) in [7, 11) is 1.65. The zero-order chi connectivity index (χ0) is 28.5. The molecule has 4 rings (SSSR count). The number of amides is 2. The first-order valence-corrected chi connectivity index (χ1v) is 15.3. The van der Waals surface area contributed by atoms with E-state index in [1.54, 1.807) is 18.9 Å². The highest BCUT2D eigenvalue weighted by molar-refractivity contribution is 7.99. The molecule has 1 aliphatic heterocycles. The molecule has 1 aliphatic rings. The van der Waals surface area contributed by atoms with Gasteiger partial charge in [0.1, 0.15) is 5.75 Å². The zero-order valence-corrected chi connectivity index (χ0v) is 25.0. The molecule has 9 heteroatoms. The van der Waals surface area contributed by atoms with Crippen LogP contribution in [0.1, 0.15) is 57.9 Å². The van der Waals surface area contributed by atoms with Gasteiger partial charge in [-0.2, -0.15) is 0 Å². The number of hydrogen-bond acceptors (Lipinski definition) is 6. The van der Waals surface area contributed by atoms with Gasteiger partial charge in [0.2, 0.25) is 11.8 Å². The lowest BCUT2D eigenvalue weighted by molar-refractivity contribution is -0.142. The Balaban J connectivity index is 1.35. The number of methoxy groups -OCH3 is 1. The van der Waals surface area contributed by atoms with E-state index in [1.165, 1.54) is 5.56 Å². The van der Waals surface area contributed by atoms with Crippen LogP contribution in [0, 0.1) is 6.92 Å². The van der Waals surface area contributed by atoms with E-state index in [4.69, 9.17) is 4.74 Å². The summed E-state index contributed by atoms with van der Waals surface area (Å²) in [4.78, 5) is 29.4. The number of piperazine rings is 1. The predicted octanol–water partition coefficient (Wildman–Crippen LogP) is 5.76. The van der Waals surface area contributed by atoms with Crippen LogP contribution in [0.2, 0.25) is 0 Å². The van der Waals surface area contributed by atoms with Gasteiger partial charge >= 0.3 is 0 Å². The number of nitrogens with zero attached hydrogens (tertiary/aromatic N) is 5. The van der Waals surface area contributed by atoms with Crippen LogP contribution >= 0.6 is 11.8 Å². The molecule has 214 valence electrons. The van der Waals surface area contributed by atoms with E-state index in [9.17, 15) is 9.59 Å². The molecular formula is C31H41N5O3S. The van der Waals surface area contributed by atoms with Gasteiger partial charge in [0.25, 0.3) is 0 Å². The topological polar surface area (TPSA) is 80.6 Å². The number of carbonyl (C=O) groups is 2. The van der Waals surface area contributed by atoms with Crippen molar-refractivity contribution in [3.8, 4) is 22.8 Å². The summed E-state index contributed by atoms with van der Waals surface area (Å²) >= 11 is 1.61. The van der Waals surface area contributed by atoms with E-state index in [2.05, 4.69) is 52.9 Å². The van der Waals surface area contributed by atoms with Crippen LogP contribution in [-0.2, 0) is 9.59 Å². The van der Waals surface area contributed by atoms with Gasteiger partial charge in [-0.05, 0) is 51.0 Å². The van der Waals surface area contributed by atoms with E-state index in [0.717, 1.165) is 59.4 Å². The molecule has 2 amide bonds. The standard InChI is InChI=1S/C31H41N5O3S/c1-5-6-7-12-29(38)35-19-18-34(22-24(35)3)28(37)13-9-20-40-31-33-32-30(25-10-8-11-27(21-25)39-4)36(31)26-16-14-23(2)15-17-26/h8,10-11,14-17,21,24H,5-7,9,12-13,18-20,22H2,1-4H3. The number of carbonyl (C=O) groups excluding carboxylic acids is 2. The number of thioether (sulfide) groups is 1. The molecule has 3 aromatic rings. The van der Waals surface area contributed by atoms with Gasteiger partial charge < -0.3 is 14.5 Å². The monoisotopic (exact) mass is 563 g/mol. The highest BCUT2D eigenvalue weighted by atomic mass is 32.2. The molecule has 1 atom stereocenters.